The minimum absolute atomic E-state index is 0.258. The molecule has 1 atom stereocenters. The van der Waals surface area contributed by atoms with Gasteiger partial charge in [-0.05, 0) is 25.1 Å². The van der Waals surface area contributed by atoms with E-state index in [2.05, 4.69) is 16.9 Å². The molecule has 1 unspecified atom stereocenters. The Kier molecular flexibility index (Phi) is 6.38. The summed E-state index contributed by atoms with van der Waals surface area (Å²) in [7, 11) is -0.477. The summed E-state index contributed by atoms with van der Waals surface area (Å²) in [6, 6.07) is 5.30. The molecule has 2 rings (SSSR count). The van der Waals surface area contributed by atoms with E-state index in [0.717, 1.165) is 0 Å². The summed E-state index contributed by atoms with van der Waals surface area (Å²) >= 11 is 1.19. The van der Waals surface area contributed by atoms with E-state index in [0.29, 0.717) is 27.9 Å². The van der Waals surface area contributed by atoms with Crippen LogP contribution < -0.4 is 14.8 Å². The molecule has 0 radical (unpaired) electrons. The van der Waals surface area contributed by atoms with Crippen LogP contribution >= 0.6 is 11.3 Å². The second-order valence-electron chi connectivity index (χ2n) is 5.35. The Balaban J connectivity index is 2.23. The van der Waals surface area contributed by atoms with Gasteiger partial charge in [-0.3, -0.25) is 4.79 Å². The minimum Gasteiger partial charge on any atom is -0.497 e. The number of methoxy groups -OCH3 is 2. The van der Waals surface area contributed by atoms with Crippen LogP contribution in [0, 0.1) is 0 Å². The third kappa shape index (κ3) is 4.41. The summed E-state index contributed by atoms with van der Waals surface area (Å²) in [4.78, 5) is 16.6. The average Bonchev–Trinajstić information content (AvgIpc) is 3.08. The number of sulfone groups is 1. The van der Waals surface area contributed by atoms with Gasteiger partial charge in [0.15, 0.2) is 15.0 Å². The van der Waals surface area contributed by atoms with Crippen LogP contribution in [0.5, 0.6) is 11.5 Å². The van der Waals surface area contributed by atoms with Crippen molar-refractivity contribution in [2.24, 2.45) is 0 Å². The lowest BCUT2D eigenvalue weighted by atomic mass is 10.1. The summed E-state index contributed by atoms with van der Waals surface area (Å²) in [6.07, 6.45) is 1.26. The monoisotopic (exact) mass is 396 g/mol. The van der Waals surface area contributed by atoms with Crippen molar-refractivity contribution in [3.05, 3.63) is 36.2 Å². The zero-order valence-corrected chi connectivity index (χ0v) is 16.3. The normalized spacial score (nSPS) is 12.3. The van der Waals surface area contributed by atoms with Crippen LogP contribution in [0.25, 0.3) is 11.3 Å². The fourth-order valence-corrected chi connectivity index (χ4v) is 3.86. The first-order valence-corrected chi connectivity index (χ1v) is 10.2. The fourth-order valence-electron chi connectivity index (χ4n) is 2.15. The highest BCUT2D eigenvalue weighted by atomic mass is 32.2. The summed E-state index contributed by atoms with van der Waals surface area (Å²) in [6.45, 7) is 4.74. The van der Waals surface area contributed by atoms with Crippen molar-refractivity contribution >= 4 is 32.2 Å². The molecule has 0 spiro atoms. The van der Waals surface area contributed by atoms with Crippen LogP contribution in [0.15, 0.2) is 36.2 Å². The number of amides is 1. The maximum Gasteiger partial charge on any atom is 0.244 e. The van der Waals surface area contributed by atoms with Crippen molar-refractivity contribution in [3.8, 4) is 22.8 Å². The lowest BCUT2D eigenvalue weighted by Crippen LogP contribution is -2.33. The molecule has 1 amide bonds. The molecule has 0 fully saturated rings. The molecule has 140 valence electrons. The number of aromatic nitrogens is 1. The number of nitrogens with zero attached hydrogens (tertiary/aromatic N) is 1. The second kappa shape index (κ2) is 8.33. The Labute approximate surface area is 156 Å². The SMILES string of the molecule is C=CCS(=O)(=O)C(C)C(=O)Nc1nc(-c2cc(OC)ccc2OC)cs1. The molecule has 1 aromatic carbocycles. The molecular weight excluding hydrogens is 376 g/mol. The predicted octanol–water partition coefficient (Wildman–Crippen LogP) is 2.76. The molecule has 0 aliphatic carbocycles. The highest BCUT2D eigenvalue weighted by Gasteiger charge is 2.27. The maximum absolute atomic E-state index is 12.2. The van der Waals surface area contributed by atoms with Gasteiger partial charge in [-0.25, -0.2) is 13.4 Å². The second-order valence-corrected chi connectivity index (χ2v) is 8.58. The van der Waals surface area contributed by atoms with Gasteiger partial charge in [0.1, 0.15) is 16.7 Å². The van der Waals surface area contributed by atoms with Gasteiger partial charge >= 0.3 is 0 Å². The van der Waals surface area contributed by atoms with Crippen LogP contribution in [-0.2, 0) is 14.6 Å². The zero-order chi connectivity index (χ0) is 19.3. The molecule has 1 aromatic heterocycles. The number of benzene rings is 1. The number of hydrogen-bond donors (Lipinski definition) is 1. The molecule has 0 bridgehead atoms. The van der Waals surface area contributed by atoms with Crippen molar-refractivity contribution < 1.29 is 22.7 Å². The maximum atomic E-state index is 12.2. The van der Waals surface area contributed by atoms with Crippen LogP contribution in [0.3, 0.4) is 0 Å². The van der Waals surface area contributed by atoms with Crippen molar-refractivity contribution in [1.82, 2.24) is 4.98 Å². The molecule has 2 aromatic rings. The molecular formula is C17H20N2O5S2. The van der Waals surface area contributed by atoms with Gasteiger partial charge in [0.2, 0.25) is 5.91 Å². The summed E-state index contributed by atoms with van der Waals surface area (Å²) in [5.41, 5.74) is 1.29. The van der Waals surface area contributed by atoms with Crippen molar-refractivity contribution in [2.75, 3.05) is 25.3 Å². The number of ether oxygens (including phenoxy) is 2. The molecule has 0 aliphatic rings. The number of thiazole rings is 1. The number of carbonyl (C=O) groups is 1. The molecule has 1 N–H and O–H groups in total. The third-order valence-corrected chi connectivity index (χ3v) is 6.42. The zero-order valence-electron chi connectivity index (χ0n) is 14.7. The van der Waals surface area contributed by atoms with Gasteiger partial charge in [0, 0.05) is 10.9 Å². The van der Waals surface area contributed by atoms with E-state index in [1.807, 2.05) is 0 Å². The number of nitrogens with one attached hydrogen (secondary N) is 1. The fraction of sp³-hybridized carbons (Fsp3) is 0.294. The van der Waals surface area contributed by atoms with Crippen LogP contribution in [0.1, 0.15) is 6.92 Å². The Morgan fingerprint density at radius 2 is 2.12 bits per heavy atom. The lowest BCUT2D eigenvalue weighted by Gasteiger charge is -2.10. The summed E-state index contributed by atoms with van der Waals surface area (Å²) < 4.78 is 34.5. The van der Waals surface area contributed by atoms with Gasteiger partial charge in [-0.15, -0.1) is 17.9 Å². The molecule has 7 nitrogen and oxygen atoms in total. The first kappa shape index (κ1) is 19.9. The minimum atomic E-state index is -3.58. The van der Waals surface area contributed by atoms with E-state index in [1.54, 1.807) is 37.8 Å². The highest BCUT2D eigenvalue weighted by Crippen LogP contribution is 2.35. The number of carbonyl (C=O) groups excluding carboxylic acids is 1. The van der Waals surface area contributed by atoms with Crippen molar-refractivity contribution in [3.63, 3.8) is 0 Å². The van der Waals surface area contributed by atoms with Gasteiger partial charge in [-0.1, -0.05) is 6.08 Å². The van der Waals surface area contributed by atoms with Crippen LogP contribution in [0.2, 0.25) is 0 Å². The van der Waals surface area contributed by atoms with E-state index in [1.165, 1.54) is 24.3 Å². The Morgan fingerprint density at radius 1 is 1.38 bits per heavy atom. The highest BCUT2D eigenvalue weighted by molar-refractivity contribution is 7.92. The number of rotatable bonds is 8. The first-order valence-electron chi connectivity index (χ1n) is 7.63. The predicted molar refractivity (Wildman–Crippen MR) is 103 cm³/mol. The first-order chi connectivity index (χ1) is 12.3. The standard InChI is InChI=1S/C17H20N2O5S2/c1-5-8-26(21,22)11(2)16(20)19-17-18-14(10-25-17)13-9-12(23-3)6-7-15(13)24-4/h5-7,9-11H,1,8H2,2-4H3,(H,18,19,20). The van der Waals surface area contributed by atoms with E-state index in [4.69, 9.17) is 9.47 Å². The van der Waals surface area contributed by atoms with Gasteiger partial charge in [0.25, 0.3) is 0 Å². The Bertz CT molecular complexity index is 906. The smallest absolute Gasteiger partial charge is 0.244 e. The molecule has 9 heteroatoms. The molecule has 1 heterocycles. The third-order valence-electron chi connectivity index (χ3n) is 3.67. The van der Waals surface area contributed by atoms with Gasteiger partial charge in [0.05, 0.1) is 25.7 Å². The molecule has 26 heavy (non-hydrogen) atoms. The number of hydrogen-bond acceptors (Lipinski definition) is 7. The lowest BCUT2D eigenvalue weighted by molar-refractivity contribution is -0.115. The van der Waals surface area contributed by atoms with Crippen molar-refractivity contribution in [1.29, 1.82) is 0 Å². The Hall–Kier alpha value is -2.39. The quantitative estimate of drug-likeness (QED) is 0.690. The molecule has 0 aliphatic heterocycles. The number of anilines is 1. The van der Waals surface area contributed by atoms with E-state index in [9.17, 15) is 13.2 Å². The molecule has 0 saturated carbocycles. The van der Waals surface area contributed by atoms with Gasteiger partial charge in [-0.2, -0.15) is 0 Å². The van der Waals surface area contributed by atoms with Crippen LogP contribution in [-0.4, -0.2) is 44.5 Å². The summed E-state index contributed by atoms with van der Waals surface area (Å²) in [5.74, 6) is 0.357. The van der Waals surface area contributed by atoms with E-state index in [-0.39, 0.29) is 5.75 Å². The summed E-state index contributed by atoms with van der Waals surface area (Å²) in [5, 5.41) is 3.40. The topological polar surface area (TPSA) is 94.6 Å². The average molecular weight is 396 g/mol. The van der Waals surface area contributed by atoms with E-state index >= 15 is 0 Å². The Morgan fingerprint density at radius 3 is 2.73 bits per heavy atom. The van der Waals surface area contributed by atoms with Crippen LogP contribution in [0.4, 0.5) is 5.13 Å². The molecule has 0 saturated heterocycles. The van der Waals surface area contributed by atoms with Gasteiger partial charge < -0.3 is 14.8 Å². The van der Waals surface area contributed by atoms with E-state index < -0.39 is 21.0 Å². The largest absolute Gasteiger partial charge is 0.497 e. The van der Waals surface area contributed by atoms with Crippen molar-refractivity contribution in [2.45, 2.75) is 12.2 Å².